The minimum Gasteiger partial charge on any atom is -0.380 e. The molecule has 0 fully saturated rings. The molecule has 0 saturated carbocycles. The molecule has 2 aromatic carbocycles. The van der Waals surface area contributed by atoms with Gasteiger partial charge in [0.05, 0.1) is 10.7 Å². The Morgan fingerprint density at radius 3 is 2.45 bits per heavy atom. The van der Waals surface area contributed by atoms with E-state index in [9.17, 15) is 4.79 Å². The van der Waals surface area contributed by atoms with Gasteiger partial charge in [0.1, 0.15) is 0 Å². The second-order valence-electron chi connectivity index (χ2n) is 4.61. The van der Waals surface area contributed by atoms with Crippen molar-refractivity contribution in [3.05, 3.63) is 64.2 Å². The van der Waals surface area contributed by atoms with Gasteiger partial charge in [-0.15, -0.1) is 0 Å². The molecule has 0 aliphatic rings. The van der Waals surface area contributed by atoms with Crippen molar-refractivity contribution in [1.82, 2.24) is 5.32 Å². The van der Waals surface area contributed by atoms with Crippen molar-refractivity contribution in [2.75, 3.05) is 12.4 Å². The summed E-state index contributed by atoms with van der Waals surface area (Å²) in [5.74, 6) is -0.0777. The van der Waals surface area contributed by atoms with Crippen molar-refractivity contribution in [3.8, 4) is 0 Å². The van der Waals surface area contributed by atoms with Crippen LogP contribution in [0, 0.1) is 6.92 Å². The number of nitrogens with one attached hydrogen (secondary N) is 2. The Hall–Kier alpha value is -2.00. The summed E-state index contributed by atoms with van der Waals surface area (Å²) in [5, 5.41) is 6.60. The van der Waals surface area contributed by atoms with Crippen LogP contribution >= 0.6 is 11.6 Å². The van der Waals surface area contributed by atoms with Crippen molar-refractivity contribution >= 4 is 23.2 Å². The number of anilines is 1. The van der Waals surface area contributed by atoms with Crippen LogP contribution in [0.4, 0.5) is 5.69 Å². The lowest BCUT2D eigenvalue weighted by Crippen LogP contribution is -2.17. The molecule has 0 heterocycles. The zero-order valence-electron chi connectivity index (χ0n) is 11.5. The zero-order valence-corrected chi connectivity index (χ0v) is 12.3. The standard InChI is InChI=1S/C16H17ClN2O/c1-11-3-8-15(14(17)9-11)19-10-12-4-6-13(7-5-12)16(20)18-2/h3-9,19H,10H2,1-2H3,(H,18,20). The molecule has 0 radical (unpaired) electrons. The van der Waals surface area contributed by atoms with E-state index < -0.39 is 0 Å². The lowest BCUT2D eigenvalue weighted by atomic mass is 10.1. The van der Waals surface area contributed by atoms with Crippen molar-refractivity contribution in [1.29, 1.82) is 0 Å². The summed E-state index contributed by atoms with van der Waals surface area (Å²) >= 11 is 6.17. The fourth-order valence-electron chi connectivity index (χ4n) is 1.88. The largest absolute Gasteiger partial charge is 0.380 e. The van der Waals surface area contributed by atoms with Gasteiger partial charge in [0.2, 0.25) is 0 Å². The highest BCUT2D eigenvalue weighted by Gasteiger charge is 2.03. The van der Waals surface area contributed by atoms with Crippen molar-refractivity contribution in [2.45, 2.75) is 13.5 Å². The summed E-state index contributed by atoms with van der Waals surface area (Å²) in [7, 11) is 1.62. The van der Waals surface area contributed by atoms with Crippen LogP contribution in [0.1, 0.15) is 21.5 Å². The highest BCUT2D eigenvalue weighted by Crippen LogP contribution is 2.23. The maximum absolute atomic E-state index is 11.4. The Morgan fingerprint density at radius 2 is 1.85 bits per heavy atom. The number of carbonyl (C=O) groups is 1. The Morgan fingerprint density at radius 1 is 1.15 bits per heavy atom. The second kappa shape index (κ2) is 6.44. The minimum absolute atomic E-state index is 0.0777. The van der Waals surface area contributed by atoms with E-state index in [0.29, 0.717) is 17.1 Å². The van der Waals surface area contributed by atoms with E-state index >= 15 is 0 Å². The maximum atomic E-state index is 11.4. The molecule has 0 unspecified atom stereocenters. The Bertz CT molecular complexity index is 608. The normalized spacial score (nSPS) is 10.2. The fourth-order valence-corrected chi connectivity index (χ4v) is 2.18. The molecule has 0 spiro atoms. The quantitative estimate of drug-likeness (QED) is 0.902. The summed E-state index contributed by atoms with van der Waals surface area (Å²) < 4.78 is 0. The molecule has 2 aromatic rings. The van der Waals surface area contributed by atoms with Gasteiger partial charge in [-0.2, -0.15) is 0 Å². The predicted octanol–water partition coefficient (Wildman–Crippen LogP) is 3.62. The Balaban J connectivity index is 2.02. The van der Waals surface area contributed by atoms with Gasteiger partial charge < -0.3 is 10.6 Å². The Kier molecular flexibility index (Phi) is 4.64. The molecule has 0 aliphatic carbocycles. The van der Waals surface area contributed by atoms with Gasteiger partial charge in [-0.3, -0.25) is 4.79 Å². The number of rotatable bonds is 4. The molecule has 2 rings (SSSR count). The SMILES string of the molecule is CNC(=O)c1ccc(CNc2ccc(C)cc2Cl)cc1. The third-order valence-electron chi connectivity index (χ3n) is 3.05. The molecule has 104 valence electrons. The molecule has 1 amide bonds. The third kappa shape index (κ3) is 3.52. The van der Waals surface area contributed by atoms with Crippen LogP contribution in [0.5, 0.6) is 0 Å². The molecule has 2 N–H and O–H groups in total. The van der Waals surface area contributed by atoms with Gasteiger partial charge in [0.25, 0.3) is 5.91 Å². The first kappa shape index (κ1) is 14.4. The molecule has 0 atom stereocenters. The molecular weight excluding hydrogens is 272 g/mol. The van der Waals surface area contributed by atoms with E-state index in [4.69, 9.17) is 11.6 Å². The van der Waals surface area contributed by atoms with Crippen LogP contribution in [0.25, 0.3) is 0 Å². The van der Waals surface area contributed by atoms with Crippen molar-refractivity contribution in [2.24, 2.45) is 0 Å². The maximum Gasteiger partial charge on any atom is 0.251 e. The topological polar surface area (TPSA) is 41.1 Å². The van der Waals surface area contributed by atoms with Crippen molar-refractivity contribution in [3.63, 3.8) is 0 Å². The van der Waals surface area contributed by atoms with Gasteiger partial charge in [-0.1, -0.05) is 29.8 Å². The van der Waals surface area contributed by atoms with Crippen LogP contribution in [0.2, 0.25) is 5.02 Å². The highest BCUT2D eigenvalue weighted by atomic mass is 35.5. The van der Waals surface area contributed by atoms with Gasteiger partial charge in [-0.25, -0.2) is 0 Å². The second-order valence-corrected chi connectivity index (χ2v) is 5.02. The number of hydrogen-bond acceptors (Lipinski definition) is 2. The van der Waals surface area contributed by atoms with Crippen LogP contribution in [-0.4, -0.2) is 13.0 Å². The summed E-state index contributed by atoms with van der Waals surface area (Å²) in [6.07, 6.45) is 0. The van der Waals surface area contributed by atoms with E-state index in [1.54, 1.807) is 7.05 Å². The van der Waals surface area contributed by atoms with Gasteiger partial charge >= 0.3 is 0 Å². The first-order chi connectivity index (χ1) is 9.60. The summed E-state index contributed by atoms with van der Waals surface area (Å²) in [5.41, 5.74) is 3.79. The monoisotopic (exact) mass is 288 g/mol. The molecule has 4 heteroatoms. The molecule has 0 saturated heterocycles. The van der Waals surface area contributed by atoms with Crippen LogP contribution in [0.3, 0.4) is 0 Å². The van der Waals surface area contributed by atoms with Crippen LogP contribution in [-0.2, 0) is 6.54 Å². The van der Waals surface area contributed by atoms with E-state index in [0.717, 1.165) is 16.8 Å². The summed E-state index contributed by atoms with van der Waals surface area (Å²) in [6, 6.07) is 13.4. The molecule has 0 aromatic heterocycles. The average Bonchev–Trinajstić information content (AvgIpc) is 2.46. The fraction of sp³-hybridized carbons (Fsp3) is 0.188. The first-order valence-corrected chi connectivity index (χ1v) is 6.79. The zero-order chi connectivity index (χ0) is 14.5. The highest BCUT2D eigenvalue weighted by molar-refractivity contribution is 6.33. The number of halogens is 1. The number of amides is 1. The van der Waals surface area contributed by atoms with E-state index in [1.165, 1.54) is 0 Å². The van der Waals surface area contributed by atoms with E-state index in [1.807, 2.05) is 49.4 Å². The number of benzene rings is 2. The number of carbonyl (C=O) groups excluding carboxylic acids is 1. The third-order valence-corrected chi connectivity index (χ3v) is 3.36. The van der Waals surface area contributed by atoms with Crippen LogP contribution < -0.4 is 10.6 Å². The number of hydrogen-bond donors (Lipinski definition) is 2. The van der Waals surface area contributed by atoms with Crippen LogP contribution in [0.15, 0.2) is 42.5 Å². The lowest BCUT2D eigenvalue weighted by Gasteiger charge is -2.09. The first-order valence-electron chi connectivity index (χ1n) is 6.41. The predicted molar refractivity (Wildman–Crippen MR) is 83.3 cm³/mol. The van der Waals surface area contributed by atoms with Gasteiger partial charge in [-0.05, 0) is 42.3 Å². The van der Waals surface area contributed by atoms with Gasteiger partial charge in [0, 0.05) is 19.2 Å². The van der Waals surface area contributed by atoms with E-state index in [2.05, 4.69) is 10.6 Å². The smallest absolute Gasteiger partial charge is 0.251 e. The summed E-state index contributed by atoms with van der Waals surface area (Å²) in [6.45, 7) is 2.67. The number of aryl methyl sites for hydroxylation is 1. The molecule has 3 nitrogen and oxygen atoms in total. The molecule has 0 bridgehead atoms. The van der Waals surface area contributed by atoms with Crippen molar-refractivity contribution < 1.29 is 4.79 Å². The minimum atomic E-state index is -0.0777. The van der Waals surface area contributed by atoms with E-state index in [-0.39, 0.29) is 5.91 Å². The lowest BCUT2D eigenvalue weighted by molar-refractivity contribution is 0.0963. The molecular formula is C16H17ClN2O. The average molecular weight is 289 g/mol. The molecule has 0 aliphatic heterocycles. The molecule has 20 heavy (non-hydrogen) atoms. The Labute approximate surface area is 124 Å². The van der Waals surface area contributed by atoms with Gasteiger partial charge in [0.15, 0.2) is 0 Å². The summed E-state index contributed by atoms with van der Waals surface area (Å²) in [4.78, 5) is 11.4.